The van der Waals surface area contributed by atoms with E-state index >= 15 is 0 Å². The van der Waals surface area contributed by atoms with Crippen LogP contribution in [0.2, 0.25) is 0 Å². The predicted molar refractivity (Wildman–Crippen MR) is 122 cm³/mol. The van der Waals surface area contributed by atoms with Crippen molar-refractivity contribution in [3.05, 3.63) is 76.8 Å². The van der Waals surface area contributed by atoms with Gasteiger partial charge in [0.15, 0.2) is 5.82 Å². The normalized spacial score (nSPS) is 13.1. The molecular formula is C23H19F5N8. The molecule has 0 aliphatic carbocycles. The molecule has 0 spiro atoms. The van der Waals surface area contributed by atoms with E-state index in [2.05, 4.69) is 19.9 Å². The third kappa shape index (κ3) is 5.22. The molecule has 0 amide bonds. The smallest absolute Gasteiger partial charge is 0.404 e. The van der Waals surface area contributed by atoms with Gasteiger partial charge in [0.2, 0.25) is 5.82 Å². The van der Waals surface area contributed by atoms with Gasteiger partial charge in [-0.3, -0.25) is 10.4 Å². The van der Waals surface area contributed by atoms with Crippen LogP contribution in [0.15, 0.2) is 47.4 Å². The molecule has 2 heterocycles. The highest BCUT2D eigenvalue weighted by Gasteiger charge is 2.35. The zero-order chi connectivity index (χ0) is 26.6. The van der Waals surface area contributed by atoms with E-state index in [9.17, 15) is 27.2 Å². The van der Waals surface area contributed by atoms with E-state index in [1.54, 1.807) is 6.92 Å². The summed E-state index contributed by atoms with van der Waals surface area (Å²) in [7, 11) is 0. The fourth-order valence-electron chi connectivity index (χ4n) is 3.58. The second-order valence-corrected chi connectivity index (χ2v) is 7.46. The van der Waals surface area contributed by atoms with Gasteiger partial charge in [-0.15, -0.1) is 0 Å². The Morgan fingerprint density at radius 3 is 2.44 bits per heavy atom. The summed E-state index contributed by atoms with van der Waals surface area (Å²) < 4.78 is 65.8. The molecule has 0 saturated heterocycles. The van der Waals surface area contributed by atoms with Crippen LogP contribution in [0.1, 0.15) is 42.0 Å². The molecule has 8 nitrogen and oxygen atoms in total. The Morgan fingerprint density at radius 1 is 1.28 bits per heavy atom. The number of aliphatic imine (C=N–C) groups is 1. The molecule has 0 aliphatic heterocycles. The monoisotopic (exact) mass is 502 g/mol. The van der Waals surface area contributed by atoms with Crippen molar-refractivity contribution in [3.63, 3.8) is 0 Å². The largest absolute Gasteiger partial charge is 0.451 e. The summed E-state index contributed by atoms with van der Waals surface area (Å²) in [5.41, 5.74) is 11.9. The van der Waals surface area contributed by atoms with Gasteiger partial charge >= 0.3 is 6.18 Å². The van der Waals surface area contributed by atoms with Crippen LogP contribution in [-0.2, 0) is 6.18 Å². The lowest BCUT2D eigenvalue weighted by atomic mass is 9.90. The molecule has 2 aromatic heterocycles. The average molecular weight is 502 g/mol. The quantitative estimate of drug-likeness (QED) is 0.210. The van der Waals surface area contributed by atoms with Gasteiger partial charge < -0.3 is 16.5 Å². The third-order valence-electron chi connectivity index (χ3n) is 5.22. The Labute approximate surface area is 201 Å². The van der Waals surface area contributed by atoms with Crippen LogP contribution in [0.25, 0.3) is 11.1 Å². The minimum atomic E-state index is -4.76. The first-order valence-electron chi connectivity index (χ1n) is 10.3. The fourth-order valence-corrected chi connectivity index (χ4v) is 3.58. The summed E-state index contributed by atoms with van der Waals surface area (Å²) in [4.78, 5) is 13.6. The summed E-state index contributed by atoms with van der Waals surface area (Å²) in [6.45, 7) is 1.76. The van der Waals surface area contributed by atoms with Gasteiger partial charge in [0.1, 0.15) is 17.7 Å². The van der Waals surface area contributed by atoms with Gasteiger partial charge in [-0.1, -0.05) is 6.92 Å². The lowest BCUT2D eigenvalue weighted by Gasteiger charge is -2.15. The summed E-state index contributed by atoms with van der Waals surface area (Å²) in [6, 6.07) is 4.84. The number of hydrogen-bond acceptors (Lipinski definition) is 6. The topological polar surface area (TPSA) is 154 Å². The number of H-pyrrole nitrogens is 1. The average Bonchev–Trinajstić information content (AvgIpc) is 3.21. The second kappa shape index (κ2) is 10.3. The number of alkyl halides is 3. The SMILES string of the molecule is CCC(C(C=Nc1ccc(F)cc1F)=CN)c1[nH]c(C(=N)N)c(-c2cnc(C(F)(F)F)nc2)c1C#N. The van der Waals surface area contributed by atoms with Crippen molar-refractivity contribution in [1.82, 2.24) is 15.0 Å². The molecule has 3 rings (SSSR count). The molecule has 0 saturated carbocycles. The number of nitrogens with zero attached hydrogens (tertiary/aromatic N) is 4. The number of rotatable bonds is 7. The molecule has 1 atom stereocenters. The highest BCUT2D eigenvalue weighted by molar-refractivity contribution is 6.02. The number of aromatic nitrogens is 3. The minimum Gasteiger partial charge on any atom is -0.404 e. The molecule has 6 N–H and O–H groups in total. The van der Waals surface area contributed by atoms with Crippen molar-refractivity contribution in [2.45, 2.75) is 25.4 Å². The molecule has 1 aromatic carbocycles. The Hall–Kier alpha value is -4.60. The molecule has 13 heteroatoms. The maximum absolute atomic E-state index is 14.0. The molecule has 0 bridgehead atoms. The minimum absolute atomic E-state index is 0.0175. The molecule has 186 valence electrons. The summed E-state index contributed by atoms with van der Waals surface area (Å²) in [5, 5.41) is 17.9. The zero-order valence-electron chi connectivity index (χ0n) is 18.7. The number of nitriles is 1. The third-order valence-corrected chi connectivity index (χ3v) is 5.22. The Balaban J connectivity index is 2.11. The summed E-state index contributed by atoms with van der Waals surface area (Å²) in [6.07, 6.45) is -0.210. The fraction of sp³-hybridized carbons (Fsp3) is 0.174. The van der Waals surface area contributed by atoms with Crippen LogP contribution >= 0.6 is 0 Å². The molecule has 3 aromatic rings. The van der Waals surface area contributed by atoms with Crippen molar-refractivity contribution in [2.24, 2.45) is 16.5 Å². The van der Waals surface area contributed by atoms with E-state index in [4.69, 9.17) is 16.9 Å². The second-order valence-electron chi connectivity index (χ2n) is 7.46. The van der Waals surface area contributed by atoms with E-state index in [1.165, 1.54) is 12.4 Å². The van der Waals surface area contributed by atoms with Crippen molar-refractivity contribution in [3.8, 4) is 17.2 Å². The van der Waals surface area contributed by atoms with Gasteiger partial charge in [0.05, 0.1) is 16.9 Å². The molecule has 36 heavy (non-hydrogen) atoms. The van der Waals surface area contributed by atoms with Gasteiger partial charge in [-0.25, -0.2) is 18.7 Å². The number of halogens is 5. The standard InChI is InChI=1S/C23H19F5N8/c1-2-14(11(6-29)8-33-17-4-3-13(24)5-16(17)25)19-15(7-30)18(20(36-19)21(31)32)12-9-34-22(35-10-12)23(26,27)28/h3-6,8-10,14,36H,2,29H2,1H3,(H3,31,32). The number of hydrogen-bond donors (Lipinski definition) is 4. The number of nitrogen functional groups attached to an aromatic ring is 1. The number of nitrogens with two attached hydrogens (primary N) is 2. The number of nitrogens with one attached hydrogen (secondary N) is 2. The maximum atomic E-state index is 14.0. The molecule has 1 unspecified atom stereocenters. The van der Waals surface area contributed by atoms with Gasteiger partial charge in [0, 0.05) is 47.4 Å². The van der Waals surface area contributed by atoms with Crippen LogP contribution in [0, 0.1) is 28.4 Å². The number of allylic oxidation sites excluding steroid dienone is 1. The molecular weight excluding hydrogens is 483 g/mol. The number of amidine groups is 1. The van der Waals surface area contributed by atoms with Crippen molar-refractivity contribution in [2.75, 3.05) is 0 Å². The first-order chi connectivity index (χ1) is 17.0. The molecule has 0 radical (unpaired) electrons. The van der Waals surface area contributed by atoms with E-state index < -0.39 is 35.4 Å². The van der Waals surface area contributed by atoms with Crippen molar-refractivity contribution < 1.29 is 22.0 Å². The first kappa shape index (κ1) is 26.0. The highest BCUT2D eigenvalue weighted by Crippen LogP contribution is 2.37. The van der Waals surface area contributed by atoms with Crippen LogP contribution in [0.4, 0.5) is 27.6 Å². The van der Waals surface area contributed by atoms with Crippen LogP contribution in [-0.4, -0.2) is 27.0 Å². The summed E-state index contributed by atoms with van der Waals surface area (Å²) >= 11 is 0. The Morgan fingerprint density at radius 2 is 1.94 bits per heavy atom. The van der Waals surface area contributed by atoms with E-state index in [-0.39, 0.29) is 33.8 Å². The van der Waals surface area contributed by atoms with E-state index in [1.807, 2.05) is 6.07 Å². The number of benzene rings is 1. The zero-order valence-corrected chi connectivity index (χ0v) is 18.7. The molecule has 0 aliphatic rings. The van der Waals surface area contributed by atoms with Crippen LogP contribution in [0.5, 0.6) is 0 Å². The first-order valence-corrected chi connectivity index (χ1v) is 10.3. The van der Waals surface area contributed by atoms with Gasteiger partial charge in [0.25, 0.3) is 0 Å². The highest BCUT2D eigenvalue weighted by atomic mass is 19.4. The summed E-state index contributed by atoms with van der Waals surface area (Å²) in [5.74, 6) is -4.15. The number of aromatic amines is 1. The van der Waals surface area contributed by atoms with Crippen LogP contribution < -0.4 is 11.5 Å². The Bertz CT molecular complexity index is 1380. The van der Waals surface area contributed by atoms with Gasteiger partial charge in [-0.05, 0) is 30.3 Å². The maximum Gasteiger partial charge on any atom is 0.451 e. The van der Waals surface area contributed by atoms with Gasteiger partial charge in [-0.2, -0.15) is 18.4 Å². The van der Waals surface area contributed by atoms with E-state index in [0.29, 0.717) is 18.1 Å². The van der Waals surface area contributed by atoms with E-state index in [0.717, 1.165) is 24.5 Å². The van der Waals surface area contributed by atoms with Crippen LogP contribution in [0.3, 0.4) is 0 Å². The van der Waals surface area contributed by atoms with Crippen molar-refractivity contribution in [1.29, 1.82) is 10.7 Å². The molecule has 0 fully saturated rings. The lowest BCUT2D eigenvalue weighted by Crippen LogP contribution is -2.14. The lowest BCUT2D eigenvalue weighted by molar-refractivity contribution is -0.144. The predicted octanol–water partition coefficient (Wildman–Crippen LogP) is 4.66. The Kier molecular flexibility index (Phi) is 7.47. The van der Waals surface area contributed by atoms with Crippen molar-refractivity contribution >= 4 is 17.7 Å².